The summed E-state index contributed by atoms with van der Waals surface area (Å²) >= 11 is 12.3. The van der Waals surface area contributed by atoms with Crippen LogP contribution in [-0.2, 0) is 0 Å². The summed E-state index contributed by atoms with van der Waals surface area (Å²) in [5.41, 5.74) is 0.885. The molecule has 0 aliphatic carbocycles. The number of nitrogens with zero attached hydrogens (tertiary/aromatic N) is 2. The molecule has 2 heterocycles. The lowest BCUT2D eigenvalue weighted by Crippen LogP contribution is -2.31. The number of rotatable bonds is 4. The number of pyridine rings is 1. The van der Waals surface area contributed by atoms with Gasteiger partial charge >= 0.3 is 0 Å². The van der Waals surface area contributed by atoms with E-state index in [4.69, 9.17) is 23.2 Å². The van der Waals surface area contributed by atoms with Gasteiger partial charge in [0.05, 0.1) is 11.1 Å². The molecular weight excluding hydrogens is 255 g/mol. The van der Waals surface area contributed by atoms with Crippen LogP contribution >= 0.6 is 23.2 Å². The molecule has 1 aliphatic rings. The quantitative estimate of drug-likeness (QED) is 0.774. The second-order valence-electron chi connectivity index (χ2n) is 4.56. The van der Waals surface area contributed by atoms with E-state index in [1.807, 2.05) is 6.07 Å². The van der Waals surface area contributed by atoms with E-state index >= 15 is 0 Å². The molecule has 1 aliphatic heterocycles. The van der Waals surface area contributed by atoms with Gasteiger partial charge in [0.2, 0.25) is 0 Å². The average molecular weight is 273 g/mol. The van der Waals surface area contributed by atoms with Gasteiger partial charge in [-0.3, -0.25) is 4.98 Å². The molecule has 94 valence electrons. The molecule has 0 radical (unpaired) electrons. The first-order valence-electron chi connectivity index (χ1n) is 6.23. The Bertz CT molecular complexity index is 351. The van der Waals surface area contributed by atoms with Gasteiger partial charge < -0.3 is 4.90 Å². The molecule has 1 unspecified atom stereocenters. The molecule has 1 atom stereocenters. The van der Waals surface area contributed by atoms with Crippen molar-refractivity contribution in [3.8, 4) is 0 Å². The van der Waals surface area contributed by atoms with E-state index in [1.165, 1.54) is 32.4 Å². The predicted octanol–water partition coefficient (Wildman–Crippen LogP) is 3.89. The number of alkyl halides is 1. The van der Waals surface area contributed by atoms with Crippen LogP contribution in [0.1, 0.15) is 36.8 Å². The summed E-state index contributed by atoms with van der Waals surface area (Å²) in [6, 6.07) is 3.63. The molecular formula is C13H18Cl2N2. The summed E-state index contributed by atoms with van der Waals surface area (Å²) in [7, 11) is 0. The summed E-state index contributed by atoms with van der Waals surface area (Å²) in [5.74, 6) is 0. The fraction of sp³-hybridized carbons (Fsp3) is 0.615. The van der Waals surface area contributed by atoms with Crippen molar-refractivity contribution in [3.63, 3.8) is 0 Å². The maximum atomic E-state index is 6.35. The van der Waals surface area contributed by atoms with E-state index in [9.17, 15) is 0 Å². The molecule has 0 bridgehead atoms. The Morgan fingerprint density at radius 3 is 2.76 bits per heavy atom. The van der Waals surface area contributed by atoms with Crippen LogP contribution in [0.4, 0.5) is 0 Å². The zero-order chi connectivity index (χ0) is 12.1. The second kappa shape index (κ2) is 6.58. The van der Waals surface area contributed by atoms with E-state index in [-0.39, 0.29) is 5.38 Å². The maximum Gasteiger partial charge on any atom is 0.0770 e. The van der Waals surface area contributed by atoms with Gasteiger partial charge in [0, 0.05) is 11.2 Å². The molecule has 4 heteroatoms. The van der Waals surface area contributed by atoms with E-state index in [0.29, 0.717) is 5.02 Å². The summed E-state index contributed by atoms with van der Waals surface area (Å²) in [6.07, 6.45) is 6.67. The molecule has 0 N–H and O–H groups in total. The molecule has 1 saturated heterocycles. The van der Waals surface area contributed by atoms with Crippen molar-refractivity contribution in [1.82, 2.24) is 9.88 Å². The van der Waals surface area contributed by atoms with Crippen molar-refractivity contribution >= 4 is 23.2 Å². The smallest absolute Gasteiger partial charge is 0.0770 e. The lowest BCUT2D eigenvalue weighted by Gasteiger charge is -2.27. The third-order valence-corrected chi connectivity index (χ3v) is 3.89. The fourth-order valence-electron chi connectivity index (χ4n) is 2.22. The average Bonchev–Trinajstić information content (AvgIpc) is 2.37. The molecule has 1 aromatic rings. The van der Waals surface area contributed by atoms with Crippen LogP contribution < -0.4 is 0 Å². The third kappa shape index (κ3) is 4.13. The topological polar surface area (TPSA) is 16.1 Å². The zero-order valence-corrected chi connectivity index (χ0v) is 11.4. The maximum absolute atomic E-state index is 6.35. The molecule has 17 heavy (non-hydrogen) atoms. The highest BCUT2D eigenvalue weighted by atomic mass is 35.5. The first-order chi connectivity index (χ1) is 8.25. The Balaban J connectivity index is 1.82. The summed E-state index contributed by atoms with van der Waals surface area (Å²) in [6.45, 7) is 3.49. The SMILES string of the molecule is Clc1ccnc(C(Cl)CCN2CCCCC2)c1. The van der Waals surface area contributed by atoms with Crippen molar-refractivity contribution in [3.05, 3.63) is 29.0 Å². The van der Waals surface area contributed by atoms with Gasteiger partial charge in [-0.05, 0) is 51.0 Å². The summed E-state index contributed by atoms with van der Waals surface area (Å²) < 4.78 is 0. The van der Waals surface area contributed by atoms with Crippen LogP contribution in [0.25, 0.3) is 0 Å². The Hall–Kier alpha value is -0.310. The van der Waals surface area contributed by atoms with E-state index < -0.39 is 0 Å². The lowest BCUT2D eigenvalue weighted by molar-refractivity contribution is 0.225. The molecule has 1 aromatic heterocycles. The Labute approximate surface area is 113 Å². The molecule has 0 aromatic carbocycles. The minimum atomic E-state index is -0.0318. The van der Waals surface area contributed by atoms with Crippen LogP contribution in [0.2, 0.25) is 5.02 Å². The van der Waals surface area contributed by atoms with E-state index in [1.54, 1.807) is 12.3 Å². The fourth-order valence-corrected chi connectivity index (χ4v) is 2.60. The molecule has 0 amide bonds. The summed E-state index contributed by atoms with van der Waals surface area (Å²) in [4.78, 5) is 6.76. The van der Waals surface area contributed by atoms with Crippen LogP contribution in [0.5, 0.6) is 0 Å². The highest BCUT2D eigenvalue weighted by molar-refractivity contribution is 6.30. The van der Waals surface area contributed by atoms with E-state index in [2.05, 4.69) is 9.88 Å². The highest BCUT2D eigenvalue weighted by Crippen LogP contribution is 2.25. The Kier molecular flexibility index (Phi) is 5.08. The molecule has 0 spiro atoms. The molecule has 2 rings (SSSR count). The van der Waals surface area contributed by atoms with E-state index in [0.717, 1.165) is 18.7 Å². The van der Waals surface area contributed by atoms with Gasteiger partial charge in [-0.15, -0.1) is 11.6 Å². The normalized spacial score (nSPS) is 19.2. The monoisotopic (exact) mass is 272 g/mol. The Morgan fingerprint density at radius 2 is 2.06 bits per heavy atom. The van der Waals surface area contributed by atoms with Gasteiger partial charge in [-0.25, -0.2) is 0 Å². The van der Waals surface area contributed by atoms with Crippen LogP contribution in [0.3, 0.4) is 0 Å². The molecule has 1 fully saturated rings. The predicted molar refractivity (Wildman–Crippen MR) is 72.7 cm³/mol. The number of hydrogen-bond donors (Lipinski definition) is 0. The van der Waals surface area contributed by atoms with Gasteiger partial charge in [0.1, 0.15) is 0 Å². The third-order valence-electron chi connectivity index (χ3n) is 3.21. The summed E-state index contributed by atoms with van der Waals surface area (Å²) in [5, 5.41) is 0.675. The van der Waals surface area contributed by atoms with Crippen molar-refractivity contribution in [1.29, 1.82) is 0 Å². The second-order valence-corrected chi connectivity index (χ2v) is 5.52. The standard InChI is InChI=1S/C13H18Cl2N2/c14-11-4-6-16-13(10-11)12(15)5-9-17-7-2-1-3-8-17/h4,6,10,12H,1-3,5,7-9H2. The lowest BCUT2D eigenvalue weighted by atomic mass is 10.1. The van der Waals surface area contributed by atoms with Gasteiger partial charge in [0.15, 0.2) is 0 Å². The minimum absolute atomic E-state index is 0.0318. The number of likely N-dealkylation sites (tertiary alicyclic amines) is 1. The van der Waals surface area contributed by atoms with Crippen molar-refractivity contribution < 1.29 is 0 Å². The first kappa shape index (κ1) is 13.1. The number of halogens is 2. The van der Waals surface area contributed by atoms with Gasteiger partial charge in [0.25, 0.3) is 0 Å². The van der Waals surface area contributed by atoms with Crippen LogP contribution in [0, 0.1) is 0 Å². The molecule has 2 nitrogen and oxygen atoms in total. The number of piperidine rings is 1. The van der Waals surface area contributed by atoms with Crippen molar-refractivity contribution in [2.45, 2.75) is 31.1 Å². The largest absolute Gasteiger partial charge is 0.303 e. The molecule has 0 saturated carbocycles. The van der Waals surface area contributed by atoms with Gasteiger partial charge in [-0.1, -0.05) is 18.0 Å². The highest BCUT2D eigenvalue weighted by Gasteiger charge is 2.14. The minimum Gasteiger partial charge on any atom is -0.303 e. The van der Waals surface area contributed by atoms with Crippen molar-refractivity contribution in [2.24, 2.45) is 0 Å². The number of aromatic nitrogens is 1. The van der Waals surface area contributed by atoms with Crippen molar-refractivity contribution in [2.75, 3.05) is 19.6 Å². The zero-order valence-electron chi connectivity index (χ0n) is 9.91. The number of hydrogen-bond acceptors (Lipinski definition) is 2. The van der Waals surface area contributed by atoms with Gasteiger partial charge in [-0.2, -0.15) is 0 Å². The first-order valence-corrected chi connectivity index (χ1v) is 7.05. The van der Waals surface area contributed by atoms with Crippen LogP contribution in [0.15, 0.2) is 18.3 Å². The Morgan fingerprint density at radius 1 is 1.29 bits per heavy atom. The van der Waals surface area contributed by atoms with Crippen LogP contribution in [-0.4, -0.2) is 29.5 Å².